The summed E-state index contributed by atoms with van der Waals surface area (Å²) in [4.78, 5) is 37.6. The first-order chi connectivity index (χ1) is 16.9. The van der Waals surface area contributed by atoms with Gasteiger partial charge in [-0.25, -0.2) is 0 Å². The van der Waals surface area contributed by atoms with Crippen molar-refractivity contribution >= 4 is 63.1 Å². The van der Waals surface area contributed by atoms with Crippen LogP contribution in [-0.2, 0) is 22.3 Å². The van der Waals surface area contributed by atoms with Crippen molar-refractivity contribution in [2.45, 2.75) is 19.1 Å². The molecule has 13 heteroatoms. The first kappa shape index (κ1) is 25.5. The van der Waals surface area contributed by atoms with Gasteiger partial charge in [0, 0.05) is 10.4 Å². The molecule has 1 aromatic heterocycles. The zero-order valence-electron chi connectivity index (χ0n) is 18.3. The second-order valence-corrected chi connectivity index (χ2v) is 9.36. The van der Waals surface area contributed by atoms with E-state index in [2.05, 4.69) is 5.10 Å². The van der Waals surface area contributed by atoms with Gasteiger partial charge in [-0.05, 0) is 53.2 Å². The molecule has 36 heavy (non-hydrogen) atoms. The quantitative estimate of drug-likeness (QED) is 0.257. The largest absolute Gasteiger partial charge is 0.416 e. The monoisotopic (exact) mass is 535 g/mol. The molecule has 2 heterocycles. The number of fused-ring (bicyclic) bond motifs is 1. The Morgan fingerprint density at radius 1 is 1.19 bits per heavy atom. The third kappa shape index (κ3) is 5.44. The van der Waals surface area contributed by atoms with E-state index >= 15 is 0 Å². The average Bonchev–Trinajstić information content (AvgIpc) is 3.29. The number of hydrogen-bond donors (Lipinski definition) is 2. The zero-order chi connectivity index (χ0) is 26.2. The highest BCUT2D eigenvalue weighted by molar-refractivity contribution is 8.18. The second-order valence-electron chi connectivity index (χ2n) is 7.93. The first-order valence-electron chi connectivity index (χ1n) is 10.3. The molecule has 2 amide bonds. The lowest BCUT2D eigenvalue weighted by Crippen LogP contribution is -2.35. The molecule has 3 N–H and O–H groups in total. The van der Waals surface area contributed by atoms with E-state index in [4.69, 9.17) is 22.7 Å². The zero-order valence-corrected chi connectivity index (χ0v) is 19.9. The first-order valence-corrected chi connectivity index (χ1v) is 11.5. The van der Waals surface area contributed by atoms with Gasteiger partial charge < -0.3 is 5.73 Å². The van der Waals surface area contributed by atoms with Crippen molar-refractivity contribution in [1.82, 2.24) is 14.7 Å². The lowest BCUT2D eigenvalue weighted by Gasteiger charge is -2.14. The predicted molar refractivity (Wildman–Crippen MR) is 130 cm³/mol. The molecule has 0 aliphatic carbocycles. The number of aromatic nitrogens is 2. The number of alkyl halides is 3. The molecule has 0 saturated carbocycles. The Kier molecular flexibility index (Phi) is 6.92. The van der Waals surface area contributed by atoms with Crippen molar-refractivity contribution in [2.75, 3.05) is 6.54 Å². The third-order valence-corrected chi connectivity index (χ3v) is 6.40. The Morgan fingerprint density at radius 3 is 2.64 bits per heavy atom. The molecular weight excluding hydrogens is 519 g/mol. The molecule has 8 nitrogen and oxygen atoms in total. The van der Waals surface area contributed by atoms with Gasteiger partial charge >= 0.3 is 6.18 Å². The molecule has 0 bridgehead atoms. The highest BCUT2D eigenvalue weighted by atomic mass is 35.5. The molecule has 1 aliphatic heterocycles. The summed E-state index contributed by atoms with van der Waals surface area (Å²) in [5, 5.41) is 11.3. The minimum absolute atomic E-state index is 0.00831. The second kappa shape index (κ2) is 9.78. The van der Waals surface area contributed by atoms with E-state index < -0.39 is 35.2 Å². The molecule has 3 aromatic rings. The van der Waals surface area contributed by atoms with Crippen LogP contribution in [0.25, 0.3) is 17.0 Å². The van der Waals surface area contributed by atoms with Crippen LogP contribution in [0.2, 0.25) is 5.02 Å². The van der Waals surface area contributed by atoms with E-state index in [0.717, 1.165) is 11.0 Å². The Morgan fingerprint density at radius 2 is 1.94 bits per heavy atom. The van der Waals surface area contributed by atoms with Gasteiger partial charge in [-0.15, -0.1) is 0 Å². The number of ketones is 1. The van der Waals surface area contributed by atoms with Crippen LogP contribution in [0, 0.1) is 5.41 Å². The number of thioether (sulfide) groups is 1. The normalized spacial score (nSPS) is 15.3. The summed E-state index contributed by atoms with van der Waals surface area (Å²) in [6.07, 6.45) is -1.96. The van der Waals surface area contributed by atoms with Crippen molar-refractivity contribution in [3.63, 3.8) is 0 Å². The highest BCUT2D eigenvalue weighted by Gasteiger charge is 2.36. The number of Topliss-reactive ketones (excluding diaryl/α,β-unsaturated/α-hetero) is 1. The number of imide groups is 1. The Bertz CT molecular complexity index is 1450. The van der Waals surface area contributed by atoms with Crippen LogP contribution in [-0.4, -0.2) is 44.0 Å². The highest BCUT2D eigenvalue weighted by Crippen LogP contribution is 2.35. The topological polar surface area (TPSA) is 122 Å². The van der Waals surface area contributed by atoms with Crippen LogP contribution >= 0.6 is 23.4 Å². The SMILES string of the molecule is N=C(N)CC(=O)CN1C(=O)S/C(=C\c2ccc3c(cnn3Cc3ccc(Cl)cc3C(F)(F)F)c2)C1=O. The number of nitrogens with one attached hydrogen (secondary N) is 1. The molecule has 0 radical (unpaired) electrons. The van der Waals surface area contributed by atoms with Crippen LogP contribution in [0.4, 0.5) is 18.0 Å². The number of rotatable bonds is 7. The predicted octanol–water partition coefficient (Wildman–Crippen LogP) is 4.69. The number of carbonyl (C=O) groups is 3. The smallest absolute Gasteiger partial charge is 0.387 e. The van der Waals surface area contributed by atoms with Gasteiger partial charge in [0.1, 0.15) is 0 Å². The summed E-state index contributed by atoms with van der Waals surface area (Å²) in [6.45, 7) is -0.611. The van der Waals surface area contributed by atoms with Gasteiger partial charge in [-0.3, -0.25) is 29.4 Å². The fraction of sp³-hybridized carbons (Fsp3) is 0.174. The van der Waals surface area contributed by atoms with E-state index in [1.807, 2.05) is 0 Å². The maximum Gasteiger partial charge on any atom is 0.416 e. The molecule has 0 unspecified atom stereocenters. The summed E-state index contributed by atoms with van der Waals surface area (Å²) in [5.74, 6) is -1.53. The summed E-state index contributed by atoms with van der Waals surface area (Å²) >= 11 is 6.43. The molecule has 4 rings (SSSR count). The number of nitrogens with two attached hydrogens (primary N) is 1. The van der Waals surface area contributed by atoms with E-state index in [1.54, 1.807) is 18.2 Å². The minimum Gasteiger partial charge on any atom is -0.387 e. The van der Waals surface area contributed by atoms with Crippen molar-refractivity contribution < 1.29 is 27.6 Å². The number of amidine groups is 1. The summed E-state index contributed by atoms with van der Waals surface area (Å²) < 4.78 is 41.8. The molecule has 1 fully saturated rings. The minimum atomic E-state index is -4.57. The van der Waals surface area contributed by atoms with E-state index in [0.29, 0.717) is 28.2 Å². The molecule has 0 atom stereocenters. The summed E-state index contributed by atoms with van der Waals surface area (Å²) in [7, 11) is 0. The molecule has 0 spiro atoms. The number of carbonyl (C=O) groups excluding carboxylic acids is 3. The number of hydrogen-bond acceptors (Lipinski definition) is 6. The maximum absolute atomic E-state index is 13.4. The van der Waals surface area contributed by atoms with Crippen molar-refractivity contribution in [3.05, 3.63) is 69.2 Å². The van der Waals surface area contributed by atoms with Crippen molar-refractivity contribution in [2.24, 2.45) is 5.73 Å². The Hall–Kier alpha value is -3.64. The number of halogens is 4. The van der Waals surface area contributed by atoms with Crippen LogP contribution in [0.5, 0.6) is 0 Å². The van der Waals surface area contributed by atoms with Gasteiger partial charge in [0.25, 0.3) is 11.1 Å². The standard InChI is InChI=1S/C23H17ClF3N5O3S/c24-15-3-2-13(17(7-15)23(25,26)27)10-32-18-4-1-12(5-14(18)9-30-32)6-19-21(34)31(22(35)36-19)11-16(33)8-20(28)29/h1-7,9H,8,10-11H2,(H3,28,29)/b19-6-. The number of benzene rings is 2. The molecule has 186 valence electrons. The van der Waals surface area contributed by atoms with Crippen LogP contribution in [0.15, 0.2) is 47.5 Å². The van der Waals surface area contributed by atoms with Crippen LogP contribution in [0.3, 0.4) is 0 Å². The lowest BCUT2D eigenvalue weighted by atomic mass is 10.1. The average molecular weight is 536 g/mol. The Labute approximate surface area is 211 Å². The van der Waals surface area contributed by atoms with E-state index in [-0.39, 0.29) is 34.3 Å². The van der Waals surface area contributed by atoms with Gasteiger partial charge in [0.05, 0.1) is 47.5 Å². The van der Waals surface area contributed by atoms with Gasteiger partial charge in [0.15, 0.2) is 5.78 Å². The summed E-state index contributed by atoms with van der Waals surface area (Å²) in [6, 6.07) is 8.54. The molecule has 1 aliphatic rings. The number of nitrogens with zero attached hydrogens (tertiary/aromatic N) is 3. The fourth-order valence-corrected chi connectivity index (χ4v) is 4.68. The molecular formula is C23H17ClF3N5O3S. The van der Waals surface area contributed by atoms with E-state index in [9.17, 15) is 27.6 Å². The fourth-order valence-electron chi connectivity index (χ4n) is 3.67. The van der Waals surface area contributed by atoms with Gasteiger partial charge in [0.2, 0.25) is 0 Å². The Balaban J connectivity index is 1.56. The van der Waals surface area contributed by atoms with Gasteiger partial charge in [-0.1, -0.05) is 23.7 Å². The molecule has 2 aromatic carbocycles. The van der Waals surface area contributed by atoms with Crippen LogP contribution in [0.1, 0.15) is 23.1 Å². The lowest BCUT2D eigenvalue weighted by molar-refractivity contribution is -0.138. The number of amides is 2. The van der Waals surface area contributed by atoms with Gasteiger partial charge in [-0.2, -0.15) is 18.3 Å². The maximum atomic E-state index is 13.4. The van der Waals surface area contributed by atoms with E-state index in [1.165, 1.54) is 29.1 Å². The third-order valence-electron chi connectivity index (χ3n) is 5.26. The molecule has 1 saturated heterocycles. The van der Waals surface area contributed by atoms with Crippen LogP contribution < -0.4 is 5.73 Å². The van der Waals surface area contributed by atoms with Crippen molar-refractivity contribution in [1.29, 1.82) is 5.41 Å². The van der Waals surface area contributed by atoms with Crippen molar-refractivity contribution in [3.8, 4) is 0 Å². The summed E-state index contributed by atoms with van der Waals surface area (Å²) in [5.41, 5.74) is 5.48.